The van der Waals surface area contributed by atoms with E-state index in [1.54, 1.807) is 11.3 Å². The number of fused-ring (bicyclic) bond motifs is 1. The van der Waals surface area contributed by atoms with E-state index in [0.29, 0.717) is 0 Å². The lowest BCUT2D eigenvalue weighted by Gasteiger charge is -2.17. The van der Waals surface area contributed by atoms with Gasteiger partial charge >= 0.3 is 7.60 Å². The lowest BCUT2D eigenvalue weighted by atomic mass is 10.1. The van der Waals surface area contributed by atoms with Crippen LogP contribution in [0.25, 0.3) is 10.1 Å². The molecule has 0 saturated carbocycles. The van der Waals surface area contributed by atoms with Crippen LogP contribution in [-0.4, -0.2) is 30.0 Å². The van der Waals surface area contributed by atoms with Crippen molar-refractivity contribution < 1.29 is 14.0 Å². The van der Waals surface area contributed by atoms with E-state index in [1.165, 1.54) is 5.39 Å². The van der Waals surface area contributed by atoms with E-state index in [2.05, 4.69) is 17.0 Å². The van der Waals surface area contributed by atoms with Gasteiger partial charge in [0.2, 0.25) is 0 Å². The highest BCUT2D eigenvalue weighted by atomic mass is 32.1. The van der Waals surface area contributed by atoms with E-state index >= 15 is 0 Å². The van der Waals surface area contributed by atoms with Crippen molar-refractivity contribution in [1.29, 1.82) is 0 Å². The van der Waals surface area contributed by atoms with E-state index < -0.39 is 7.60 Å². The van der Waals surface area contributed by atoms with Crippen molar-refractivity contribution in [1.82, 2.24) is 4.90 Å². The molecule has 0 amide bonds. The molecular formula is C16H24NO3PS. The maximum Gasteiger partial charge on any atom is 0.333 e. The molecule has 22 heavy (non-hydrogen) atoms. The van der Waals surface area contributed by atoms with Crippen molar-refractivity contribution in [3.8, 4) is 0 Å². The summed E-state index contributed by atoms with van der Waals surface area (Å²) >= 11 is 1.59. The first-order valence-electron chi connectivity index (χ1n) is 7.46. The molecule has 1 heterocycles. The highest BCUT2D eigenvalue weighted by Gasteiger charge is 2.26. The number of thiophene rings is 1. The van der Waals surface area contributed by atoms with Crippen LogP contribution >= 0.6 is 18.9 Å². The molecule has 0 aliphatic heterocycles. The Labute approximate surface area is 136 Å². The second-order valence-corrected chi connectivity index (χ2v) is 8.80. The molecule has 1 aromatic heterocycles. The lowest BCUT2D eigenvalue weighted by Crippen LogP contribution is -2.12. The zero-order valence-electron chi connectivity index (χ0n) is 13.6. The Morgan fingerprint density at radius 2 is 2.05 bits per heavy atom. The minimum absolute atomic E-state index is 0.0832. The molecule has 2 unspecified atom stereocenters. The second kappa shape index (κ2) is 7.24. The van der Waals surface area contributed by atoms with Gasteiger partial charge in [0.25, 0.3) is 0 Å². The van der Waals surface area contributed by atoms with Gasteiger partial charge in [-0.05, 0) is 44.5 Å². The first-order valence-corrected chi connectivity index (χ1v) is 10.0. The van der Waals surface area contributed by atoms with Crippen molar-refractivity contribution in [2.75, 3.05) is 14.1 Å². The van der Waals surface area contributed by atoms with Crippen LogP contribution in [0.4, 0.5) is 0 Å². The molecule has 0 fully saturated rings. The van der Waals surface area contributed by atoms with Gasteiger partial charge in [-0.2, -0.15) is 0 Å². The number of nitrogens with zero attached hydrogens (tertiary/aromatic N) is 1. The van der Waals surface area contributed by atoms with Crippen molar-refractivity contribution in [3.05, 3.63) is 34.7 Å². The fourth-order valence-electron chi connectivity index (χ4n) is 2.34. The molecule has 0 aliphatic rings. The molecule has 0 spiro atoms. The summed E-state index contributed by atoms with van der Waals surface area (Å²) < 4.78 is 18.9. The van der Waals surface area contributed by atoms with E-state index in [0.717, 1.165) is 28.1 Å². The first kappa shape index (κ1) is 17.6. The highest BCUT2D eigenvalue weighted by Crippen LogP contribution is 2.50. The number of benzene rings is 1. The second-order valence-electron chi connectivity index (χ2n) is 5.86. The fourth-order valence-corrected chi connectivity index (χ4v) is 5.44. The largest absolute Gasteiger partial charge is 0.333 e. The minimum Gasteiger partial charge on any atom is -0.324 e. The van der Waals surface area contributed by atoms with E-state index in [4.69, 9.17) is 4.52 Å². The zero-order chi connectivity index (χ0) is 16.3. The molecule has 6 heteroatoms. The van der Waals surface area contributed by atoms with Crippen LogP contribution in [0.5, 0.6) is 0 Å². The molecule has 0 bridgehead atoms. The Morgan fingerprint density at radius 3 is 2.68 bits per heavy atom. The predicted octanol–water partition coefficient (Wildman–Crippen LogP) is 4.46. The van der Waals surface area contributed by atoms with Gasteiger partial charge in [0, 0.05) is 16.1 Å². The third-order valence-corrected chi connectivity index (χ3v) is 6.35. The molecule has 122 valence electrons. The predicted molar refractivity (Wildman–Crippen MR) is 93.6 cm³/mol. The number of rotatable bonds is 7. The standard InChI is InChI=1S/C16H24NO3PS/c1-5-12(2)20-21(18,19)11-16-14(10-17(3)4)13-8-6-7-9-15(13)22-16/h6-9,12H,5,10-11H2,1-4H3,(H,18,19). The molecule has 2 rings (SSSR count). The average molecular weight is 341 g/mol. The van der Waals surface area contributed by atoms with Crippen molar-refractivity contribution in [3.63, 3.8) is 0 Å². The maximum atomic E-state index is 12.4. The summed E-state index contributed by atoms with van der Waals surface area (Å²) in [6.45, 7) is 4.53. The van der Waals surface area contributed by atoms with Gasteiger partial charge in [-0.25, -0.2) is 0 Å². The average Bonchev–Trinajstić information content (AvgIpc) is 2.75. The molecule has 1 aromatic carbocycles. The maximum absolute atomic E-state index is 12.4. The van der Waals surface area contributed by atoms with Crippen LogP contribution in [0.15, 0.2) is 24.3 Å². The van der Waals surface area contributed by atoms with E-state index in [9.17, 15) is 9.46 Å². The fraction of sp³-hybridized carbons (Fsp3) is 0.500. The van der Waals surface area contributed by atoms with Gasteiger partial charge < -0.3 is 14.3 Å². The summed E-state index contributed by atoms with van der Waals surface area (Å²) in [4.78, 5) is 13.2. The summed E-state index contributed by atoms with van der Waals surface area (Å²) in [7, 11) is 0.388. The Bertz CT molecular complexity index is 683. The van der Waals surface area contributed by atoms with E-state index in [1.807, 2.05) is 40.1 Å². The normalized spacial score (nSPS) is 16.1. The molecule has 1 N–H and O–H groups in total. The summed E-state index contributed by atoms with van der Waals surface area (Å²) in [6.07, 6.45) is 0.601. The molecule has 0 radical (unpaired) electrons. The van der Waals surface area contributed by atoms with E-state index in [-0.39, 0.29) is 12.3 Å². The van der Waals surface area contributed by atoms with Crippen LogP contribution in [0, 0.1) is 0 Å². The Hall–Kier alpha value is -0.710. The molecular weight excluding hydrogens is 317 g/mol. The zero-order valence-corrected chi connectivity index (χ0v) is 15.3. The van der Waals surface area contributed by atoms with Gasteiger partial charge in [0.1, 0.15) is 0 Å². The van der Waals surface area contributed by atoms with Crippen LogP contribution in [0.2, 0.25) is 0 Å². The first-order chi connectivity index (χ1) is 10.3. The summed E-state index contributed by atoms with van der Waals surface area (Å²) in [5.41, 5.74) is 1.13. The Morgan fingerprint density at radius 1 is 1.36 bits per heavy atom. The third kappa shape index (κ3) is 4.40. The molecule has 4 nitrogen and oxygen atoms in total. The minimum atomic E-state index is -3.62. The lowest BCUT2D eigenvalue weighted by molar-refractivity contribution is 0.185. The summed E-state index contributed by atoms with van der Waals surface area (Å²) in [5, 5.41) is 1.17. The molecule has 0 aliphatic carbocycles. The third-order valence-electron chi connectivity index (χ3n) is 3.52. The van der Waals surface area contributed by atoms with Crippen LogP contribution < -0.4 is 0 Å². The molecule has 0 saturated heterocycles. The molecule has 2 aromatic rings. The summed E-state index contributed by atoms with van der Waals surface area (Å²) in [5.74, 6) is 0. The Kier molecular flexibility index (Phi) is 5.81. The SMILES string of the molecule is CCC(C)OP(=O)(O)Cc1sc2ccccc2c1CN(C)C. The monoisotopic (exact) mass is 341 g/mol. The van der Waals surface area contributed by atoms with Crippen LogP contribution in [0.1, 0.15) is 30.7 Å². The van der Waals surface area contributed by atoms with Crippen molar-refractivity contribution in [2.45, 2.75) is 39.1 Å². The van der Waals surface area contributed by atoms with Crippen LogP contribution in [-0.2, 0) is 21.8 Å². The van der Waals surface area contributed by atoms with Crippen molar-refractivity contribution in [2.24, 2.45) is 0 Å². The number of hydrogen-bond acceptors (Lipinski definition) is 4. The number of hydrogen-bond donors (Lipinski definition) is 1. The van der Waals surface area contributed by atoms with Crippen molar-refractivity contribution >= 4 is 29.0 Å². The highest BCUT2D eigenvalue weighted by molar-refractivity contribution is 7.52. The topological polar surface area (TPSA) is 49.8 Å². The summed E-state index contributed by atoms with van der Waals surface area (Å²) in [6, 6.07) is 8.13. The van der Waals surface area contributed by atoms with Gasteiger partial charge in [-0.15, -0.1) is 11.3 Å². The van der Waals surface area contributed by atoms with Gasteiger partial charge in [0.15, 0.2) is 0 Å². The van der Waals surface area contributed by atoms with Gasteiger partial charge in [0.05, 0.1) is 12.3 Å². The Balaban J connectivity index is 2.35. The van der Waals surface area contributed by atoms with Crippen LogP contribution in [0.3, 0.4) is 0 Å². The molecule has 2 atom stereocenters. The van der Waals surface area contributed by atoms with Gasteiger partial charge in [-0.3, -0.25) is 4.57 Å². The smallest absolute Gasteiger partial charge is 0.324 e. The quantitative estimate of drug-likeness (QED) is 0.755. The van der Waals surface area contributed by atoms with Gasteiger partial charge in [-0.1, -0.05) is 25.1 Å².